The Balaban J connectivity index is -0.000000180. The van der Waals surface area contributed by atoms with Crippen LogP contribution in [0.15, 0.2) is 0 Å². The maximum Gasteiger partial charge on any atom is 2.00 e. The van der Waals surface area contributed by atoms with Crippen molar-refractivity contribution in [2.75, 3.05) is 0 Å². The van der Waals surface area contributed by atoms with Crippen molar-refractivity contribution < 1.29 is 34.5 Å². The van der Waals surface area contributed by atoms with Crippen molar-refractivity contribution in [3.8, 4) is 0 Å². The Morgan fingerprint density at radius 1 is 1.22 bits per heavy atom. The number of halogens is 5. The van der Waals surface area contributed by atoms with E-state index in [9.17, 15) is 17.6 Å². The van der Waals surface area contributed by atoms with E-state index in [-0.39, 0.29) is 40.0 Å². The summed E-state index contributed by atoms with van der Waals surface area (Å²) in [5.74, 6) is -4.08. The van der Waals surface area contributed by atoms with Gasteiger partial charge >= 0.3 is 23.1 Å². The van der Waals surface area contributed by atoms with Gasteiger partial charge in [0.25, 0.3) is 6.43 Å². The summed E-state index contributed by atoms with van der Waals surface area (Å²) in [6, 6.07) is 0. The van der Waals surface area contributed by atoms with Crippen LogP contribution in [-0.2, 0) is 0 Å². The van der Waals surface area contributed by atoms with Gasteiger partial charge in [-0.2, -0.15) is 0 Å². The normalized spacial score (nSPS) is 10.0. The summed E-state index contributed by atoms with van der Waals surface area (Å²) in [4.78, 5) is 0. The van der Waals surface area contributed by atoms with E-state index in [0.29, 0.717) is 0 Å². The second-order valence-corrected chi connectivity index (χ2v) is 1.06. The second kappa shape index (κ2) is 5.73. The summed E-state index contributed by atoms with van der Waals surface area (Å²) in [6.45, 7) is 1.89. The summed E-state index contributed by atoms with van der Waals surface area (Å²) in [5.41, 5.74) is 0. The molecule has 0 aliphatic rings. The second-order valence-electron chi connectivity index (χ2n) is 1.06. The van der Waals surface area contributed by atoms with Crippen molar-refractivity contribution in [2.45, 2.75) is 12.3 Å². The Hall–Kier alpha value is 0.966. The summed E-state index contributed by atoms with van der Waals surface area (Å²) in [7, 11) is 0. The molecular formula is C3H3BrF4Mg. The minimum atomic E-state index is -4.08. The van der Waals surface area contributed by atoms with Crippen molar-refractivity contribution in [3.05, 3.63) is 6.92 Å². The Labute approximate surface area is 76.9 Å². The smallest absolute Gasteiger partial charge is 1.00 e. The Kier molecular flexibility index (Phi) is 10.5. The molecule has 0 saturated carbocycles. The fourth-order valence-electron chi connectivity index (χ4n) is 0. The minimum absolute atomic E-state index is 0. The zero-order valence-electron chi connectivity index (χ0n) is 4.38. The summed E-state index contributed by atoms with van der Waals surface area (Å²) in [6.07, 6.45) is -3.65. The van der Waals surface area contributed by atoms with E-state index in [4.69, 9.17) is 0 Å². The van der Waals surface area contributed by atoms with E-state index in [1.54, 1.807) is 0 Å². The molecule has 0 rings (SSSR count). The first kappa shape index (κ1) is 16.5. The van der Waals surface area contributed by atoms with Gasteiger partial charge in [0, 0.05) is 0 Å². The third kappa shape index (κ3) is 8.97. The largest absolute Gasteiger partial charge is 2.00 e. The van der Waals surface area contributed by atoms with Crippen LogP contribution in [0.4, 0.5) is 17.6 Å². The van der Waals surface area contributed by atoms with E-state index in [1.165, 1.54) is 0 Å². The molecule has 6 heteroatoms. The molecule has 0 heterocycles. The minimum Gasteiger partial charge on any atom is -1.00 e. The third-order valence-electron chi connectivity index (χ3n) is 0.319. The summed E-state index contributed by atoms with van der Waals surface area (Å²) in [5, 5.41) is 0. The molecule has 0 aromatic heterocycles. The number of rotatable bonds is 1. The maximum absolute atomic E-state index is 11.0. The van der Waals surface area contributed by atoms with E-state index in [1.807, 2.05) is 6.92 Å². The van der Waals surface area contributed by atoms with Crippen LogP contribution < -0.4 is 17.0 Å². The van der Waals surface area contributed by atoms with Crippen LogP contribution in [0.1, 0.15) is 0 Å². The van der Waals surface area contributed by atoms with Gasteiger partial charge in [-0.3, -0.25) is 6.92 Å². The van der Waals surface area contributed by atoms with E-state index >= 15 is 0 Å². The molecule has 0 bridgehead atoms. The average molecular weight is 219 g/mol. The van der Waals surface area contributed by atoms with Gasteiger partial charge in [-0.05, 0) is 0 Å². The predicted octanol–water partition coefficient (Wildman–Crippen LogP) is -1.66. The van der Waals surface area contributed by atoms with Crippen LogP contribution in [-0.4, -0.2) is 35.4 Å². The van der Waals surface area contributed by atoms with Gasteiger partial charge in [-0.25, -0.2) is 17.6 Å². The predicted molar refractivity (Wildman–Crippen MR) is 22.1 cm³/mol. The molecule has 0 aliphatic heterocycles. The van der Waals surface area contributed by atoms with Gasteiger partial charge in [0.1, 0.15) is 0 Å². The number of alkyl halides is 4. The van der Waals surface area contributed by atoms with Gasteiger partial charge in [-0.15, -0.1) is 0 Å². The molecule has 0 N–H and O–H groups in total. The first-order valence-corrected chi connectivity index (χ1v) is 1.46. The van der Waals surface area contributed by atoms with Crippen molar-refractivity contribution in [1.29, 1.82) is 0 Å². The molecule has 0 unspecified atom stereocenters. The first-order chi connectivity index (χ1) is 2.94. The molecule has 0 aromatic carbocycles. The molecule has 0 aromatic rings. The number of hydrogen-bond acceptors (Lipinski definition) is 0. The monoisotopic (exact) mass is 218 g/mol. The fourth-order valence-corrected chi connectivity index (χ4v) is 0. The SMILES string of the molecule is [Br-].[CH2-]C(F)(F)C(F)F.[Mg+2]. The molecule has 0 fully saturated rings. The van der Waals surface area contributed by atoms with Crippen molar-refractivity contribution >= 4 is 23.1 Å². The fraction of sp³-hybridized carbons (Fsp3) is 0.667. The van der Waals surface area contributed by atoms with Gasteiger partial charge < -0.3 is 17.0 Å². The first-order valence-electron chi connectivity index (χ1n) is 1.46. The Bertz CT molecular complexity index is 61.3. The molecule has 0 amide bonds. The van der Waals surface area contributed by atoms with Crippen LogP contribution in [0.2, 0.25) is 0 Å². The van der Waals surface area contributed by atoms with Crippen LogP contribution in [0, 0.1) is 6.92 Å². The quantitative estimate of drug-likeness (QED) is 0.281. The standard InChI is InChI=1S/C3H3F4.BrH.Mg/c1-3(6,7)2(4)5;;/h2H,1H2;1H;/q-1;;+2/p-1. The molecule has 9 heavy (non-hydrogen) atoms. The molecule has 0 atom stereocenters. The van der Waals surface area contributed by atoms with Gasteiger partial charge in [0.2, 0.25) is 0 Å². The Morgan fingerprint density at radius 2 is 1.33 bits per heavy atom. The molecule has 0 nitrogen and oxygen atoms in total. The zero-order chi connectivity index (χ0) is 6.08. The Morgan fingerprint density at radius 3 is 1.33 bits per heavy atom. The zero-order valence-corrected chi connectivity index (χ0v) is 7.38. The van der Waals surface area contributed by atoms with E-state index in [2.05, 4.69) is 0 Å². The van der Waals surface area contributed by atoms with Gasteiger partial charge in [-0.1, -0.05) is 0 Å². The summed E-state index contributed by atoms with van der Waals surface area (Å²) >= 11 is 0. The average Bonchev–Trinajstić information content (AvgIpc) is 1.31. The van der Waals surface area contributed by atoms with Crippen molar-refractivity contribution in [1.82, 2.24) is 0 Å². The molecule has 0 radical (unpaired) electrons. The van der Waals surface area contributed by atoms with Crippen LogP contribution >= 0.6 is 0 Å². The van der Waals surface area contributed by atoms with Gasteiger partial charge in [0.05, 0.1) is 0 Å². The molecule has 0 aliphatic carbocycles. The van der Waals surface area contributed by atoms with Crippen LogP contribution in [0.3, 0.4) is 0 Å². The van der Waals surface area contributed by atoms with Crippen molar-refractivity contribution in [3.63, 3.8) is 0 Å². The van der Waals surface area contributed by atoms with Crippen LogP contribution in [0.25, 0.3) is 0 Å². The topological polar surface area (TPSA) is 0 Å². The van der Waals surface area contributed by atoms with Gasteiger partial charge in [0.15, 0.2) is 5.92 Å². The molecule has 0 saturated heterocycles. The molecule has 0 spiro atoms. The molecule has 52 valence electrons. The van der Waals surface area contributed by atoms with Crippen LogP contribution in [0.5, 0.6) is 0 Å². The third-order valence-corrected chi connectivity index (χ3v) is 0.319. The molecular weight excluding hydrogens is 216 g/mol. The maximum atomic E-state index is 11.0. The van der Waals surface area contributed by atoms with E-state index in [0.717, 1.165) is 0 Å². The van der Waals surface area contributed by atoms with Crippen molar-refractivity contribution in [2.24, 2.45) is 0 Å². The summed E-state index contributed by atoms with van der Waals surface area (Å²) < 4.78 is 43.4. The number of hydrogen-bond donors (Lipinski definition) is 0. The van der Waals surface area contributed by atoms with E-state index < -0.39 is 12.3 Å².